The van der Waals surface area contributed by atoms with E-state index in [1.54, 1.807) is 0 Å². The molecule has 0 saturated heterocycles. The van der Waals surface area contributed by atoms with Crippen molar-refractivity contribution in [1.82, 2.24) is 10.2 Å². The zero-order valence-corrected chi connectivity index (χ0v) is 9.57. The fraction of sp³-hybridized carbons (Fsp3) is 0. The van der Waals surface area contributed by atoms with Crippen LogP contribution in [0.15, 0.2) is 16.6 Å². The lowest BCUT2D eigenvalue weighted by atomic mass is 10.2. The number of nitrogens with two attached hydrogens (primary N) is 1. The molecule has 1 aromatic heterocycles. The molecule has 0 amide bonds. The SMILES string of the molecule is Nc1nnc(-c2cc(F)cc(F)c2Br)s1. The summed E-state index contributed by atoms with van der Waals surface area (Å²) >= 11 is 4.08. The lowest BCUT2D eigenvalue weighted by Crippen LogP contribution is -1.87. The molecule has 0 aliphatic heterocycles. The van der Waals surface area contributed by atoms with Crippen molar-refractivity contribution in [2.45, 2.75) is 0 Å². The van der Waals surface area contributed by atoms with Crippen molar-refractivity contribution < 1.29 is 8.78 Å². The highest BCUT2D eigenvalue weighted by molar-refractivity contribution is 9.10. The van der Waals surface area contributed by atoms with Crippen LogP contribution < -0.4 is 5.73 Å². The monoisotopic (exact) mass is 291 g/mol. The maximum Gasteiger partial charge on any atom is 0.203 e. The Morgan fingerprint density at radius 2 is 2.00 bits per heavy atom. The third-order valence-electron chi connectivity index (χ3n) is 1.66. The summed E-state index contributed by atoms with van der Waals surface area (Å²) in [5.41, 5.74) is 5.69. The highest BCUT2D eigenvalue weighted by atomic mass is 79.9. The minimum Gasteiger partial charge on any atom is -0.374 e. The molecule has 0 radical (unpaired) electrons. The first-order chi connectivity index (χ1) is 7.08. The number of hydrogen-bond donors (Lipinski definition) is 1. The van der Waals surface area contributed by atoms with Crippen molar-refractivity contribution in [2.24, 2.45) is 0 Å². The van der Waals surface area contributed by atoms with Crippen LogP contribution in [0, 0.1) is 11.6 Å². The normalized spacial score (nSPS) is 10.6. The summed E-state index contributed by atoms with van der Waals surface area (Å²) in [6.45, 7) is 0. The first-order valence-corrected chi connectivity index (χ1v) is 5.43. The van der Waals surface area contributed by atoms with Gasteiger partial charge < -0.3 is 5.73 Å². The molecule has 3 nitrogen and oxygen atoms in total. The topological polar surface area (TPSA) is 51.8 Å². The number of halogens is 3. The van der Waals surface area contributed by atoms with E-state index < -0.39 is 11.6 Å². The van der Waals surface area contributed by atoms with Crippen LogP contribution in [0.2, 0.25) is 0 Å². The van der Waals surface area contributed by atoms with E-state index in [2.05, 4.69) is 26.1 Å². The molecular formula is C8H4BrF2N3S. The molecular weight excluding hydrogens is 288 g/mol. The van der Waals surface area contributed by atoms with Gasteiger partial charge in [0.05, 0.1) is 4.47 Å². The molecule has 0 bridgehead atoms. The number of hydrogen-bond acceptors (Lipinski definition) is 4. The van der Waals surface area contributed by atoms with Gasteiger partial charge in [0.1, 0.15) is 11.6 Å². The molecule has 1 heterocycles. The van der Waals surface area contributed by atoms with Crippen molar-refractivity contribution in [3.63, 3.8) is 0 Å². The molecule has 0 fully saturated rings. The van der Waals surface area contributed by atoms with Crippen LogP contribution in [0.4, 0.5) is 13.9 Å². The predicted octanol–water partition coefficient (Wildman–Crippen LogP) is 2.83. The predicted molar refractivity (Wildman–Crippen MR) is 57.4 cm³/mol. The first-order valence-electron chi connectivity index (χ1n) is 3.82. The molecule has 0 unspecified atom stereocenters. The van der Waals surface area contributed by atoms with E-state index in [1.165, 1.54) is 6.07 Å². The Balaban J connectivity index is 2.62. The summed E-state index contributed by atoms with van der Waals surface area (Å²) in [5, 5.41) is 7.91. The Kier molecular flexibility index (Phi) is 2.66. The largest absolute Gasteiger partial charge is 0.374 e. The van der Waals surface area contributed by atoms with E-state index in [0.717, 1.165) is 17.4 Å². The number of nitrogens with zero attached hydrogens (tertiary/aromatic N) is 2. The molecule has 2 aromatic rings. The van der Waals surface area contributed by atoms with Gasteiger partial charge in [-0.25, -0.2) is 8.78 Å². The van der Waals surface area contributed by atoms with Gasteiger partial charge in [-0.2, -0.15) is 0 Å². The Morgan fingerprint density at radius 1 is 1.27 bits per heavy atom. The van der Waals surface area contributed by atoms with Crippen molar-refractivity contribution in [3.05, 3.63) is 28.2 Å². The van der Waals surface area contributed by atoms with Crippen molar-refractivity contribution in [1.29, 1.82) is 0 Å². The smallest absolute Gasteiger partial charge is 0.203 e. The second-order valence-corrected chi connectivity index (χ2v) is 4.50. The van der Waals surface area contributed by atoms with Crippen LogP contribution in [0.1, 0.15) is 0 Å². The Morgan fingerprint density at radius 3 is 2.60 bits per heavy atom. The lowest BCUT2D eigenvalue weighted by molar-refractivity contribution is 0.580. The highest BCUT2D eigenvalue weighted by Crippen LogP contribution is 2.33. The maximum absolute atomic E-state index is 13.2. The molecule has 1 aromatic carbocycles. The summed E-state index contributed by atoms with van der Waals surface area (Å²) < 4.78 is 26.3. The number of rotatable bonds is 1. The van der Waals surface area contributed by atoms with Gasteiger partial charge in [-0.3, -0.25) is 0 Å². The van der Waals surface area contributed by atoms with Gasteiger partial charge in [0.25, 0.3) is 0 Å². The van der Waals surface area contributed by atoms with Crippen LogP contribution in [0.25, 0.3) is 10.6 Å². The Hall–Kier alpha value is -1.08. The minimum absolute atomic E-state index is 0.153. The maximum atomic E-state index is 13.2. The summed E-state index contributed by atoms with van der Waals surface area (Å²) in [4.78, 5) is 0. The van der Waals surface area contributed by atoms with Gasteiger partial charge in [-0.1, -0.05) is 11.3 Å². The molecule has 7 heteroatoms. The highest BCUT2D eigenvalue weighted by Gasteiger charge is 2.14. The van der Waals surface area contributed by atoms with Crippen LogP contribution in [0.5, 0.6) is 0 Å². The molecule has 0 saturated carbocycles. The quantitative estimate of drug-likeness (QED) is 0.822. The van der Waals surface area contributed by atoms with Gasteiger partial charge in [0.15, 0.2) is 5.01 Å². The molecule has 0 atom stereocenters. The van der Waals surface area contributed by atoms with E-state index in [0.29, 0.717) is 10.6 Å². The zero-order valence-electron chi connectivity index (χ0n) is 7.17. The van der Waals surface area contributed by atoms with Crippen molar-refractivity contribution >= 4 is 32.4 Å². The number of benzene rings is 1. The zero-order chi connectivity index (χ0) is 11.0. The van der Waals surface area contributed by atoms with Crippen molar-refractivity contribution in [3.8, 4) is 10.6 Å². The molecule has 0 spiro atoms. The van der Waals surface area contributed by atoms with E-state index in [-0.39, 0.29) is 9.60 Å². The summed E-state index contributed by atoms with van der Waals surface area (Å²) in [5.74, 6) is -1.35. The molecule has 2 rings (SSSR count). The number of nitrogen functional groups attached to an aromatic ring is 1. The number of aromatic nitrogens is 2. The Labute approximate surface area is 96.1 Å². The molecule has 0 aliphatic carbocycles. The van der Waals surface area contributed by atoms with Gasteiger partial charge in [0, 0.05) is 11.6 Å². The third-order valence-corrected chi connectivity index (χ3v) is 3.26. The van der Waals surface area contributed by atoms with E-state index in [1.807, 2.05) is 0 Å². The standard InChI is InChI=1S/C8H4BrF2N3S/c9-6-4(1-3(10)2-5(6)11)7-13-14-8(12)15-7/h1-2H,(H2,12,14). The van der Waals surface area contributed by atoms with E-state index >= 15 is 0 Å². The fourth-order valence-corrected chi connectivity index (χ4v) is 2.24. The molecule has 15 heavy (non-hydrogen) atoms. The van der Waals surface area contributed by atoms with Crippen LogP contribution in [0.3, 0.4) is 0 Å². The fourth-order valence-electron chi connectivity index (χ4n) is 1.06. The summed E-state index contributed by atoms with van der Waals surface area (Å²) in [7, 11) is 0. The van der Waals surface area contributed by atoms with Gasteiger partial charge in [-0.05, 0) is 22.0 Å². The second-order valence-electron chi connectivity index (χ2n) is 2.69. The van der Waals surface area contributed by atoms with Gasteiger partial charge >= 0.3 is 0 Å². The average Bonchev–Trinajstić information content (AvgIpc) is 2.58. The Bertz CT molecular complexity index is 515. The van der Waals surface area contributed by atoms with Crippen LogP contribution >= 0.6 is 27.3 Å². The third kappa shape index (κ3) is 1.98. The van der Waals surface area contributed by atoms with Crippen LogP contribution in [-0.2, 0) is 0 Å². The van der Waals surface area contributed by atoms with E-state index in [4.69, 9.17) is 5.73 Å². The average molecular weight is 292 g/mol. The summed E-state index contributed by atoms with van der Waals surface area (Å²) in [6.07, 6.45) is 0. The lowest BCUT2D eigenvalue weighted by Gasteiger charge is -2.01. The van der Waals surface area contributed by atoms with Gasteiger partial charge in [-0.15, -0.1) is 10.2 Å². The number of anilines is 1. The van der Waals surface area contributed by atoms with Gasteiger partial charge in [0.2, 0.25) is 5.13 Å². The first kappa shape index (κ1) is 10.4. The molecule has 78 valence electrons. The minimum atomic E-state index is -0.682. The second kappa shape index (κ2) is 3.82. The molecule has 2 N–H and O–H groups in total. The van der Waals surface area contributed by atoms with Crippen LogP contribution in [-0.4, -0.2) is 10.2 Å². The van der Waals surface area contributed by atoms with Crippen molar-refractivity contribution in [2.75, 3.05) is 5.73 Å². The summed E-state index contributed by atoms with van der Waals surface area (Å²) in [6, 6.07) is 1.96. The molecule has 0 aliphatic rings. The van der Waals surface area contributed by atoms with E-state index in [9.17, 15) is 8.78 Å².